The van der Waals surface area contributed by atoms with E-state index in [0.29, 0.717) is 18.2 Å². The molecular weight excluding hydrogens is 392 g/mol. The highest BCUT2D eigenvalue weighted by Crippen LogP contribution is 2.34. The van der Waals surface area contributed by atoms with E-state index in [1.165, 1.54) is 12.8 Å². The van der Waals surface area contributed by atoms with E-state index in [9.17, 15) is 8.42 Å². The Morgan fingerprint density at radius 3 is 2.43 bits per heavy atom. The first kappa shape index (κ1) is 19.3. The predicted molar refractivity (Wildman–Crippen MR) is 113 cm³/mol. The molecule has 1 fully saturated rings. The Kier molecular flexibility index (Phi) is 5.11. The highest BCUT2D eigenvalue weighted by Gasteiger charge is 2.22. The topological polar surface area (TPSA) is 75.2 Å². The summed E-state index contributed by atoms with van der Waals surface area (Å²) in [5, 5.41) is 0.795. The summed E-state index contributed by atoms with van der Waals surface area (Å²) in [6.45, 7) is 8.66. The lowest BCUT2D eigenvalue weighted by Gasteiger charge is -2.15. The molecule has 0 amide bonds. The Morgan fingerprint density at radius 1 is 1.07 bits per heavy atom. The number of rotatable bonds is 5. The van der Waals surface area contributed by atoms with E-state index in [1.54, 1.807) is 35.6 Å². The molecule has 1 aliphatic heterocycles. The lowest BCUT2D eigenvalue weighted by molar-refractivity contribution is 0.323. The summed E-state index contributed by atoms with van der Waals surface area (Å²) in [4.78, 5) is 13.9. The second kappa shape index (κ2) is 7.42. The van der Waals surface area contributed by atoms with Crippen molar-refractivity contribution in [2.45, 2.75) is 45.1 Å². The molecule has 2 aromatic heterocycles. The quantitative estimate of drug-likeness (QED) is 0.680. The van der Waals surface area contributed by atoms with Crippen LogP contribution >= 0.6 is 11.3 Å². The highest BCUT2D eigenvalue weighted by molar-refractivity contribution is 7.92. The van der Waals surface area contributed by atoms with Crippen molar-refractivity contribution < 1.29 is 8.42 Å². The molecule has 0 saturated carbocycles. The average Bonchev–Trinajstić information content (AvgIpc) is 3.23. The van der Waals surface area contributed by atoms with Crippen LogP contribution < -0.4 is 4.72 Å². The van der Waals surface area contributed by atoms with Crippen LogP contribution in [0.4, 0.5) is 5.82 Å². The van der Waals surface area contributed by atoms with Crippen molar-refractivity contribution in [3.63, 3.8) is 0 Å². The summed E-state index contributed by atoms with van der Waals surface area (Å²) in [6, 6.07) is 6.83. The Bertz CT molecular complexity index is 1120. The molecule has 0 spiro atoms. The van der Waals surface area contributed by atoms with Gasteiger partial charge < -0.3 is 0 Å². The van der Waals surface area contributed by atoms with Crippen LogP contribution in [0.3, 0.4) is 0 Å². The number of thiophene rings is 1. The minimum atomic E-state index is -3.72. The molecule has 1 saturated heterocycles. The number of nitrogens with one attached hydrogen (secondary N) is 1. The van der Waals surface area contributed by atoms with E-state index < -0.39 is 10.0 Å². The van der Waals surface area contributed by atoms with Gasteiger partial charge in [0.1, 0.15) is 10.7 Å². The van der Waals surface area contributed by atoms with Crippen LogP contribution in [0.5, 0.6) is 0 Å². The molecule has 6 nitrogen and oxygen atoms in total. The molecule has 28 heavy (non-hydrogen) atoms. The van der Waals surface area contributed by atoms with Gasteiger partial charge in [-0.25, -0.2) is 18.4 Å². The fourth-order valence-corrected chi connectivity index (χ4v) is 5.55. The van der Waals surface area contributed by atoms with Crippen LogP contribution in [0.1, 0.15) is 34.7 Å². The fourth-order valence-electron chi connectivity index (χ4n) is 3.48. The van der Waals surface area contributed by atoms with Gasteiger partial charge in [0.2, 0.25) is 0 Å². The summed E-state index contributed by atoms with van der Waals surface area (Å²) in [5.41, 5.74) is 2.04. The SMILES string of the molecule is Cc1ccc(S(=O)(=O)Nc2nc(CN3CCCC3)nc3sc(C)c(C)c23)cc1. The van der Waals surface area contributed by atoms with Crippen molar-refractivity contribution in [3.8, 4) is 0 Å². The molecule has 0 bridgehead atoms. The van der Waals surface area contributed by atoms with Gasteiger partial charge in [0.05, 0.1) is 16.8 Å². The van der Waals surface area contributed by atoms with E-state index in [2.05, 4.69) is 14.6 Å². The first-order valence-electron chi connectivity index (χ1n) is 9.42. The average molecular weight is 417 g/mol. The Labute approximate surface area is 169 Å². The van der Waals surface area contributed by atoms with Crippen LogP contribution in [0.15, 0.2) is 29.2 Å². The zero-order valence-electron chi connectivity index (χ0n) is 16.3. The van der Waals surface area contributed by atoms with Crippen molar-refractivity contribution in [1.82, 2.24) is 14.9 Å². The molecule has 1 aromatic carbocycles. The van der Waals surface area contributed by atoms with Gasteiger partial charge in [-0.15, -0.1) is 11.3 Å². The number of fused-ring (bicyclic) bond motifs is 1. The molecule has 1 N–H and O–H groups in total. The molecule has 0 radical (unpaired) electrons. The largest absolute Gasteiger partial charge is 0.296 e. The van der Waals surface area contributed by atoms with Crippen LogP contribution in [-0.4, -0.2) is 36.4 Å². The summed E-state index contributed by atoms with van der Waals surface area (Å²) < 4.78 is 28.6. The summed E-state index contributed by atoms with van der Waals surface area (Å²) in [6.07, 6.45) is 2.37. The van der Waals surface area contributed by atoms with Gasteiger partial charge in [-0.1, -0.05) is 17.7 Å². The van der Waals surface area contributed by atoms with Crippen LogP contribution in [-0.2, 0) is 16.6 Å². The molecule has 8 heteroatoms. The number of likely N-dealkylation sites (tertiary alicyclic amines) is 1. The lowest BCUT2D eigenvalue weighted by atomic mass is 10.2. The van der Waals surface area contributed by atoms with E-state index in [0.717, 1.165) is 39.3 Å². The second-order valence-corrected chi connectivity index (χ2v) is 10.2. The zero-order chi connectivity index (χ0) is 19.9. The third-order valence-electron chi connectivity index (χ3n) is 5.20. The monoisotopic (exact) mass is 416 g/mol. The number of anilines is 1. The van der Waals surface area contributed by atoms with Gasteiger partial charge in [0.25, 0.3) is 10.0 Å². The molecule has 0 aliphatic carbocycles. The van der Waals surface area contributed by atoms with Crippen molar-refractivity contribution in [2.75, 3.05) is 17.8 Å². The molecule has 0 atom stereocenters. The maximum absolute atomic E-state index is 13.0. The molecular formula is C20H24N4O2S2. The van der Waals surface area contributed by atoms with Gasteiger partial charge in [-0.2, -0.15) is 0 Å². The van der Waals surface area contributed by atoms with Crippen molar-refractivity contribution in [1.29, 1.82) is 0 Å². The summed E-state index contributed by atoms with van der Waals surface area (Å²) in [7, 11) is -3.72. The van der Waals surface area contributed by atoms with E-state index in [-0.39, 0.29) is 4.90 Å². The number of hydrogen-bond donors (Lipinski definition) is 1. The number of aryl methyl sites for hydroxylation is 3. The maximum Gasteiger partial charge on any atom is 0.263 e. The molecule has 4 rings (SSSR count). The second-order valence-electron chi connectivity index (χ2n) is 7.35. The summed E-state index contributed by atoms with van der Waals surface area (Å²) >= 11 is 1.58. The Hall–Kier alpha value is -2.03. The lowest BCUT2D eigenvalue weighted by Crippen LogP contribution is -2.21. The standard InChI is InChI=1S/C20H24N4O2S2/c1-13-6-8-16(9-7-13)28(25,26)23-19-18-14(2)15(3)27-20(18)22-17(21-19)12-24-10-4-5-11-24/h6-9H,4-5,10-12H2,1-3H3,(H,21,22,23). The van der Waals surface area contributed by atoms with E-state index in [4.69, 9.17) is 4.98 Å². The molecule has 1 aliphatic rings. The third kappa shape index (κ3) is 3.76. The van der Waals surface area contributed by atoms with Crippen LogP contribution in [0, 0.1) is 20.8 Å². The highest BCUT2D eigenvalue weighted by atomic mass is 32.2. The molecule has 3 aromatic rings. The Morgan fingerprint density at radius 2 is 1.75 bits per heavy atom. The maximum atomic E-state index is 13.0. The molecule has 0 unspecified atom stereocenters. The predicted octanol–water partition coefficient (Wildman–Crippen LogP) is 4.01. The number of hydrogen-bond acceptors (Lipinski definition) is 6. The summed E-state index contributed by atoms with van der Waals surface area (Å²) in [5.74, 6) is 1.04. The van der Waals surface area contributed by atoms with Crippen molar-refractivity contribution in [3.05, 3.63) is 46.1 Å². The zero-order valence-corrected chi connectivity index (χ0v) is 18.0. The van der Waals surface area contributed by atoms with Gasteiger partial charge in [0, 0.05) is 4.88 Å². The minimum absolute atomic E-state index is 0.232. The number of benzene rings is 1. The minimum Gasteiger partial charge on any atom is -0.296 e. The fraction of sp³-hybridized carbons (Fsp3) is 0.400. The van der Waals surface area contributed by atoms with Crippen molar-refractivity contribution in [2.24, 2.45) is 0 Å². The van der Waals surface area contributed by atoms with Gasteiger partial charge >= 0.3 is 0 Å². The van der Waals surface area contributed by atoms with Gasteiger partial charge in [-0.05, 0) is 64.4 Å². The van der Waals surface area contributed by atoms with Gasteiger partial charge in [0.15, 0.2) is 5.82 Å². The molecule has 3 heterocycles. The van der Waals surface area contributed by atoms with Gasteiger partial charge in [-0.3, -0.25) is 9.62 Å². The van der Waals surface area contributed by atoms with Crippen molar-refractivity contribution >= 4 is 37.4 Å². The first-order chi connectivity index (χ1) is 13.3. The normalized spacial score (nSPS) is 15.4. The smallest absolute Gasteiger partial charge is 0.263 e. The van der Waals surface area contributed by atoms with E-state index in [1.807, 2.05) is 20.8 Å². The Balaban J connectivity index is 1.76. The molecule has 148 valence electrons. The third-order valence-corrected chi connectivity index (χ3v) is 7.66. The number of sulfonamides is 1. The van der Waals surface area contributed by atoms with E-state index >= 15 is 0 Å². The number of nitrogens with zero attached hydrogens (tertiary/aromatic N) is 3. The van der Waals surface area contributed by atoms with Crippen LogP contribution in [0.2, 0.25) is 0 Å². The number of aromatic nitrogens is 2. The van der Waals surface area contributed by atoms with Crippen LogP contribution in [0.25, 0.3) is 10.2 Å². The first-order valence-corrected chi connectivity index (χ1v) is 11.7.